The average molecular weight is 293 g/mol. The van der Waals surface area contributed by atoms with Crippen LogP contribution < -0.4 is 5.32 Å². The fourth-order valence-electron chi connectivity index (χ4n) is 3.13. The van der Waals surface area contributed by atoms with Crippen LogP contribution >= 0.6 is 0 Å². The topological polar surface area (TPSA) is 64.6 Å². The average Bonchev–Trinajstić information content (AvgIpc) is 2.98. The van der Waals surface area contributed by atoms with Gasteiger partial charge in [-0.15, -0.1) is 6.58 Å². The number of carbonyl (C=O) groups is 2. The number of amides is 1. The number of hydrogen-bond acceptors (Lipinski definition) is 4. The standard InChI is InChI=1S/C16H23NO4/c1-6-10-8-16(10,3)17-14(18)11-7-12(20-4)9(2)13(11)15(19)21-5/h6,10-12H,1,7-8H2,2-5H3,(H,17,18). The summed E-state index contributed by atoms with van der Waals surface area (Å²) in [6.07, 6.45) is 3.01. The highest BCUT2D eigenvalue weighted by molar-refractivity contribution is 5.99. The minimum atomic E-state index is -0.509. The molecule has 4 unspecified atom stereocenters. The SMILES string of the molecule is C=CC1CC1(C)NC(=O)C1CC(OC)C(C)=C1C(=O)OC. The van der Waals surface area contributed by atoms with Crippen molar-refractivity contribution in [1.82, 2.24) is 5.32 Å². The molecule has 5 heteroatoms. The molecule has 5 nitrogen and oxygen atoms in total. The Labute approximate surface area is 125 Å². The van der Waals surface area contributed by atoms with E-state index in [9.17, 15) is 9.59 Å². The van der Waals surface area contributed by atoms with Gasteiger partial charge >= 0.3 is 5.97 Å². The third kappa shape index (κ3) is 2.75. The van der Waals surface area contributed by atoms with E-state index in [0.29, 0.717) is 17.9 Å². The van der Waals surface area contributed by atoms with Crippen molar-refractivity contribution >= 4 is 11.9 Å². The van der Waals surface area contributed by atoms with Crippen molar-refractivity contribution in [3.05, 3.63) is 23.8 Å². The van der Waals surface area contributed by atoms with Crippen LogP contribution in [0.25, 0.3) is 0 Å². The Hall–Kier alpha value is -1.62. The van der Waals surface area contributed by atoms with Gasteiger partial charge in [0, 0.05) is 18.6 Å². The summed E-state index contributed by atoms with van der Waals surface area (Å²) in [7, 11) is 2.91. The van der Waals surface area contributed by atoms with Crippen LogP contribution in [0.1, 0.15) is 26.7 Å². The largest absolute Gasteiger partial charge is 0.466 e. The summed E-state index contributed by atoms with van der Waals surface area (Å²) in [6.45, 7) is 7.57. The molecular formula is C16H23NO4. The number of rotatable bonds is 5. The van der Waals surface area contributed by atoms with Crippen molar-refractivity contribution in [3.8, 4) is 0 Å². The van der Waals surface area contributed by atoms with Gasteiger partial charge in [-0.1, -0.05) is 6.08 Å². The highest BCUT2D eigenvalue weighted by Crippen LogP contribution is 2.44. The Morgan fingerprint density at radius 2 is 2.10 bits per heavy atom. The zero-order chi connectivity index (χ0) is 15.8. The highest BCUT2D eigenvalue weighted by atomic mass is 16.5. The molecule has 4 atom stereocenters. The van der Waals surface area contributed by atoms with Gasteiger partial charge in [0.1, 0.15) is 0 Å². The summed E-state index contributed by atoms with van der Waals surface area (Å²) in [5.74, 6) is -0.799. The van der Waals surface area contributed by atoms with E-state index in [-0.39, 0.29) is 17.6 Å². The summed E-state index contributed by atoms with van der Waals surface area (Å²) in [5, 5.41) is 3.04. The van der Waals surface area contributed by atoms with Gasteiger partial charge in [0.25, 0.3) is 0 Å². The zero-order valence-electron chi connectivity index (χ0n) is 13.1. The van der Waals surface area contributed by atoms with Crippen molar-refractivity contribution in [3.63, 3.8) is 0 Å². The lowest BCUT2D eigenvalue weighted by molar-refractivity contribution is -0.138. The number of esters is 1. The fourth-order valence-corrected chi connectivity index (χ4v) is 3.13. The lowest BCUT2D eigenvalue weighted by Gasteiger charge is -2.19. The van der Waals surface area contributed by atoms with E-state index in [4.69, 9.17) is 9.47 Å². The highest BCUT2D eigenvalue weighted by Gasteiger charge is 2.51. The molecule has 21 heavy (non-hydrogen) atoms. The minimum Gasteiger partial charge on any atom is -0.466 e. The van der Waals surface area contributed by atoms with E-state index in [1.54, 1.807) is 7.11 Å². The molecular weight excluding hydrogens is 270 g/mol. The summed E-state index contributed by atoms with van der Waals surface area (Å²) >= 11 is 0. The second-order valence-electron chi connectivity index (χ2n) is 6.05. The van der Waals surface area contributed by atoms with Gasteiger partial charge in [0.05, 0.1) is 24.7 Å². The summed E-state index contributed by atoms with van der Waals surface area (Å²) in [6, 6.07) is 0. The van der Waals surface area contributed by atoms with E-state index >= 15 is 0 Å². The van der Waals surface area contributed by atoms with E-state index in [0.717, 1.165) is 12.0 Å². The molecule has 1 saturated carbocycles. The first-order chi connectivity index (χ1) is 9.87. The Balaban J connectivity index is 2.17. The lowest BCUT2D eigenvalue weighted by Crippen LogP contribution is -2.41. The molecule has 2 rings (SSSR count). The van der Waals surface area contributed by atoms with Crippen molar-refractivity contribution in [2.75, 3.05) is 14.2 Å². The van der Waals surface area contributed by atoms with Crippen LogP contribution in [0.4, 0.5) is 0 Å². The maximum absolute atomic E-state index is 12.6. The Morgan fingerprint density at radius 1 is 1.43 bits per heavy atom. The molecule has 1 N–H and O–H groups in total. The molecule has 2 aliphatic carbocycles. The van der Waals surface area contributed by atoms with Crippen LogP contribution in [0, 0.1) is 11.8 Å². The molecule has 0 radical (unpaired) electrons. The normalized spacial score (nSPS) is 34.6. The first-order valence-corrected chi connectivity index (χ1v) is 7.14. The predicted octanol–water partition coefficient (Wildman–Crippen LogP) is 1.59. The molecule has 0 bridgehead atoms. The van der Waals surface area contributed by atoms with Crippen molar-refractivity contribution in [2.45, 2.75) is 38.3 Å². The van der Waals surface area contributed by atoms with Gasteiger partial charge in [-0.2, -0.15) is 0 Å². The lowest BCUT2D eigenvalue weighted by atomic mass is 9.99. The molecule has 1 amide bonds. The Kier molecular flexibility index (Phi) is 4.23. The maximum Gasteiger partial charge on any atom is 0.334 e. The fraction of sp³-hybridized carbons (Fsp3) is 0.625. The van der Waals surface area contributed by atoms with Crippen molar-refractivity contribution < 1.29 is 19.1 Å². The van der Waals surface area contributed by atoms with E-state index in [2.05, 4.69) is 11.9 Å². The second kappa shape index (κ2) is 5.64. The first kappa shape index (κ1) is 15.8. The van der Waals surface area contributed by atoms with Crippen LogP contribution in [0.2, 0.25) is 0 Å². The number of methoxy groups -OCH3 is 2. The Bertz CT molecular complexity index is 510. The van der Waals surface area contributed by atoms with Crippen molar-refractivity contribution in [1.29, 1.82) is 0 Å². The number of ether oxygens (including phenoxy) is 2. The molecule has 0 aromatic heterocycles. The molecule has 116 valence electrons. The van der Waals surface area contributed by atoms with Gasteiger partial charge in [-0.05, 0) is 32.3 Å². The van der Waals surface area contributed by atoms with E-state index < -0.39 is 11.9 Å². The van der Waals surface area contributed by atoms with Gasteiger partial charge in [-0.3, -0.25) is 4.79 Å². The van der Waals surface area contributed by atoms with Crippen LogP contribution in [-0.2, 0) is 19.1 Å². The summed E-state index contributed by atoms with van der Waals surface area (Å²) in [5.41, 5.74) is 0.978. The second-order valence-corrected chi connectivity index (χ2v) is 6.05. The minimum absolute atomic E-state index is 0.138. The zero-order valence-corrected chi connectivity index (χ0v) is 13.1. The Morgan fingerprint density at radius 3 is 2.57 bits per heavy atom. The van der Waals surface area contributed by atoms with E-state index in [1.165, 1.54) is 7.11 Å². The molecule has 0 aromatic rings. The molecule has 0 spiro atoms. The first-order valence-electron chi connectivity index (χ1n) is 7.14. The van der Waals surface area contributed by atoms with E-state index in [1.807, 2.05) is 19.9 Å². The van der Waals surface area contributed by atoms with Crippen LogP contribution in [0.15, 0.2) is 23.8 Å². The predicted molar refractivity (Wildman–Crippen MR) is 78.5 cm³/mol. The van der Waals surface area contributed by atoms with Gasteiger partial charge < -0.3 is 14.8 Å². The van der Waals surface area contributed by atoms with Crippen LogP contribution in [-0.4, -0.2) is 37.7 Å². The van der Waals surface area contributed by atoms with Crippen LogP contribution in [0.3, 0.4) is 0 Å². The third-order valence-corrected chi connectivity index (χ3v) is 4.71. The third-order valence-electron chi connectivity index (χ3n) is 4.71. The maximum atomic E-state index is 12.6. The molecule has 0 aliphatic heterocycles. The van der Waals surface area contributed by atoms with Crippen molar-refractivity contribution in [2.24, 2.45) is 11.8 Å². The van der Waals surface area contributed by atoms with Gasteiger partial charge in [-0.25, -0.2) is 4.79 Å². The summed E-state index contributed by atoms with van der Waals surface area (Å²) < 4.78 is 10.2. The number of hydrogen-bond donors (Lipinski definition) is 1. The molecule has 0 heterocycles. The van der Waals surface area contributed by atoms with Crippen LogP contribution in [0.5, 0.6) is 0 Å². The molecule has 2 aliphatic rings. The smallest absolute Gasteiger partial charge is 0.334 e. The monoisotopic (exact) mass is 293 g/mol. The number of carbonyl (C=O) groups excluding carboxylic acids is 2. The molecule has 0 aromatic carbocycles. The molecule has 1 fully saturated rings. The van der Waals surface area contributed by atoms with Gasteiger partial charge in [0.15, 0.2) is 0 Å². The summed E-state index contributed by atoms with van der Waals surface area (Å²) in [4.78, 5) is 24.5. The van der Waals surface area contributed by atoms with Gasteiger partial charge in [0.2, 0.25) is 5.91 Å². The quantitative estimate of drug-likeness (QED) is 0.617. The number of nitrogens with one attached hydrogen (secondary N) is 1. The molecule has 0 saturated heterocycles.